The number of hydrogen-bond donors (Lipinski definition) is 1. The highest BCUT2D eigenvalue weighted by atomic mass is 79.9. The van der Waals surface area contributed by atoms with E-state index in [9.17, 15) is 21.6 Å². The van der Waals surface area contributed by atoms with Gasteiger partial charge in [-0.1, -0.05) is 15.9 Å². The molecule has 0 saturated carbocycles. The summed E-state index contributed by atoms with van der Waals surface area (Å²) in [7, 11) is -3.26. The molecule has 0 bridgehead atoms. The molecule has 0 unspecified atom stereocenters. The number of ether oxygens (including phenoxy) is 1. The van der Waals surface area contributed by atoms with Crippen LogP contribution < -0.4 is 10.1 Å². The number of alkyl halides is 3. The molecule has 4 nitrogen and oxygen atoms in total. The number of halogens is 4. The minimum absolute atomic E-state index is 0.00361. The summed E-state index contributed by atoms with van der Waals surface area (Å²) in [5, 5.41) is 2.12. The Kier molecular flexibility index (Phi) is 5.92. The lowest BCUT2D eigenvalue weighted by molar-refractivity contribution is -0.274. The van der Waals surface area contributed by atoms with E-state index in [2.05, 4.69) is 26.0 Å². The van der Waals surface area contributed by atoms with Gasteiger partial charge in [0.05, 0.1) is 16.7 Å². The third-order valence-corrected chi connectivity index (χ3v) is 5.29. The van der Waals surface area contributed by atoms with Crippen molar-refractivity contribution >= 4 is 31.5 Å². The number of sulfone groups is 1. The Morgan fingerprint density at radius 2 is 1.95 bits per heavy atom. The molecule has 0 fully saturated rings. The van der Waals surface area contributed by atoms with Crippen LogP contribution in [-0.2, 0) is 9.84 Å². The molecule has 0 aromatic heterocycles. The van der Waals surface area contributed by atoms with Gasteiger partial charge >= 0.3 is 6.36 Å². The minimum Gasteiger partial charge on any atom is -0.404 e. The number of nitrogens with one attached hydrogen (secondary N) is 1. The Morgan fingerprint density at radius 1 is 1.33 bits per heavy atom. The normalized spacial score (nSPS) is 12.5. The summed E-state index contributed by atoms with van der Waals surface area (Å²) in [5.41, 5.74) is 0.0782. The molecule has 1 rings (SSSR count). The molecular weight excluding hydrogens is 375 g/mol. The topological polar surface area (TPSA) is 55.4 Å². The highest BCUT2D eigenvalue weighted by Gasteiger charge is 2.32. The smallest absolute Gasteiger partial charge is 0.404 e. The van der Waals surface area contributed by atoms with Gasteiger partial charge in [-0.05, 0) is 32.0 Å². The second-order valence-corrected chi connectivity index (χ2v) is 8.12. The molecule has 120 valence electrons. The van der Waals surface area contributed by atoms with E-state index in [1.54, 1.807) is 13.8 Å². The Balaban J connectivity index is 2.80. The van der Waals surface area contributed by atoms with Crippen molar-refractivity contribution in [3.05, 3.63) is 22.7 Å². The summed E-state index contributed by atoms with van der Waals surface area (Å²) in [5.74, 6) is -0.592. The summed E-state index contributed by atoms with van der Waals surface area (Å²) >= 11 is 3.05. The van der Waals surface area contributed by atoms with E-state index in [1.165, 1.54) is 12.1 Å². The Morgan fingerprint density at radius 3 is 2.48 bits per heavy atom. The van der Waals surface area contributed by atoms with Gasteiger partial charge in [-0.15, -0.1) is 13.2 Å². The first-order valence-electron chi connectivity index (χ1n) is 6.02. The molecule has 9 heteroatoms. The van der Waals surface area contributed by atoms with E-state index in [-0.39, 0.29) is 18.0 Å². The summed E-state index contributed by atoms with van der Waals surface area (Å²) in [6, 6.07) is 4.07. The van der Waals surface area contributed by atoms with Crippen LogP contribution in [0.25, 0.3) is 0 Å². The molecule has 0 aliphatic rings. The second-order valence-electron chi connectivity index (χ2n) is 4.53. The average Bonchev–Trinajstić information content (AvgIpc) is 2.29. The zero-order chi connectivity index (χ0) is 16.3. The maximum absolute atomic E-state index is 12.3. The molecule has 0 spiro atoms. The van der Waals surface area contributed by atoms with Crippen LogP contribution in [0.1, 0.15) is 13.8 Å². The lowest BCUT2D eigenvalue weighted by Crippen LogP contribution is -2.23. The standard InChI is InChI=1S/C12H15BrF3NO3S/c1-8(2)21(18,19)6-5-17-10-4-3-9(13)7-11(10)20-12(14,15)16/h3-4,7-8,17H,5-6H2,1-2H3. The Hall–Kier alpha value is -0.960. The lowest BCUT2D eigenvalue weighted by Gasteiger charge is -2.15. The van der Waals surface area contributed by atoms with Crippen LogP contribution in [0, 0.1) is 0 Å². The first-order valence-corrected chi connectivity index (χ1v) is 8.53. The minimum atomic E-state index is -4.82. The first-order chi connectivity index (χ1) is 9.51. The van der Waals surface area contributed by atoms with Gasteiger partial charge in [-0.2, -0.15) is 0 Å². The largest absolute Gasteiger partial charge is 0.573 e. The molecule has 1 N–H and O–H groups in total. The third-order valence-electron chi connectivity index (χ3n) is 2.59. The van der Waals surface area contributed by atoms with Crippen LogP contribution >= 0.6 is 15.9 Å². The van der Waals surface area contributed by atoms with E-state index < -0.39 is 27.2 Å². The van der Waals surface area contributed by atoms with E-state index >= 15 is 0 Å². The van der Waals surface area contributed by atoms with Crippen LogP contribution in [0.4, 0.5) is 18.9 Å². The van der Waals surface area contributed by atoms with Crippen LogP contribution in [-0.4, -0.2) is 32.3 Å². The van der Waals surface area contributed by atoms with Crippen LogP contribution in [0.3, 0.4) is 0 Å². The summed E-state index contributed by atoms with van der Waals surface area (Å²) < 4.78 is 64.5. The van der Waals surface area contributed by atoms with Gasteiger partial charge in [0.25, 0.3) is 0 Å². The Bertz CT molecular complexity index is 588. The fourth-order valence-electron chi connectivity index (χ4n) is 1.41. The number of benzene rings is 1. The summed E-state index contributed by atoms with van der Waals surface area (Å²) in [6.07, 6.45) is -4.82. The van der Waals surface area contributed by atoms with Crippen LogP contribution in [0.5, 0.6) is 5.75 Å². The average molecular weight is 390 g/mol. The quantitative estimate of drug-likeness (QED) is 0.807. The number of hydrogen-bond acceptors (Lipinski definition) is 4. The van der Waals surface area contributed by atoms with E-state index in [0.29, 0.717) is 4.47 Å². The highest BCUT2D eigenvalue weighted by molar-refractivity contribution is 9.10. The lowest BCUT2D eigenvalue weighted by atomic mass is 10.3. The van der Waals surface area contributed by atoms with Gasteiger partial charge in [0.2, 0.25) is 0 Å². The second kappa shape index (κ2) is 6.87. The molecule has 1 aromatic carbocycles. The van der Waals surface area contributed by atoms with Crippen molar-refractivity contribution in [2.45, 2.75) is 25.5 Å². The molecule has 1 aromatic rings. The Labute approximate surface area is 129 Å². The molecule has 0 aliphatic carbocycles. The van der Waals surface area contributed by atoms with Crippen molar-refractivity contribution < 1.29 is 26.3 Å². The van der Waals surface area contributed by atoms with Crippen LogP contribution in [0.15, 0.2) is 22.7 Å². The number of rotatable bonds is 6. The zero-order valence-corrected chi connectivity index (χ0v) is 13.8. The SMILES string of the molecule is CC(C)S(=O)(=O)CCNc1ccc(Br)cc1OC(F)(F)F. The maximum Gasteiger partial charge on any atom is 0.573 e. The third kappa shape index (κ3) is 6.13. The van der Waals surface area contributed by atoms with E-state index in [4.69, 9.17) is 0 Å². The van der Waals surface area contributed by atoms with Gasteiger partial charge in [0.15, 0.2) is 15.6 Å². The fraction of sp³-hybridized carbons (Fsp3) is 0.500. The van der Waals surface area contributed by atoms with Gasteiger partial charge < -0.3 is 10.1 Å². The highest BCUT2D eigenvalue weighted by Crippen LogP contribution is 2.32. The van der Waals surface area contributed by atoms with Crippen molar-refractivity contribution in [2.24, 2.45) is 0 Å². The zero-order valence-electron chi connectivity index (χ0n) is 11.4. The first kappa shape index (κ1) is 18.1. The van der Waals surface area contributed by atoms with Gasteiger partial charge in [-0.3, -0.25) is 0 Å². The maximum atomic E-state index is 12.3. The molecule has 21 heavy (non-hydrogen) atoms. The molecule has 0 heterocycles. The molecule has 0 amide bonds. The van der Waals surface area contributed by atoms with Crippen molar-refractivity contribution in [1.82, 2.24) is 0 Å². The molecule has 0 aliphatic heterocycles. The van der Waals surface area contributed by atoms with Crippen LogP contribution in [0.2, 0.25) is 0 Å². The van der Waals surface area contributed by atoms with Crippen molar-refractivity contribution in [3.8, 4) is 5.75 Å². The summed E-state index contributed by atoms with van der Waals surface area (Å²) in [6.45, 7) is 3.09. The van der Waals surface area contributed by atoms with Crippen molar-refractivity contribution in [3.63, 3.8) is 0 Å². The summed E-state index contributed by atoms with van der Waals surface area (Å²) in [4.78, 5) is 0. The predicted octanol–water partition coefficient (Wildman–Crippen LogP) is 3.58. The van der Waals surface area contributed by atoms with Gasteiger partial charge in [0, 0.05) is 11.0 Å². The van der Waals surface area contributed by atoms with Crippen molar-refractivity contribution in [2.75, 3.05) is 17.6 Å². The number of anilines is 1. The monoisotopic (exact) mass is 389 g/mol. The van der Waals surface area contributed by atoms with Gasteiger partial charge in [0.1, 0.15) is 0 Å². The molecule has 0 saturated heterocycles. The van der Waals surface area contributed by atoms with Crippen molar-refractivity contribution in [1.29, 1.82) is 0 Å². The fourth-order valence-corrected chi connectivity index (χ4v) is 2.61. The predicted molar refractivity (Wildman–Crippen MR) is 78.2 cm³/mol. The van der Waals surface area contributed by atoms with Gasteiger partial charge in [-0.25, -0.2) is 8.42 Å². The molecule has 0 radical (unpaired) electrons. The van der Waals surface area contributed by atoms with E-state index in [1.807, 2.05) is 0 Å². The van der Waals surface area contributed by atoms with E-state index in [0.717, 1.165) is 6.07 Å². The molecular formula is C12H15BrF3NO3S. The molecule has 0 atom stereocenters.